The Morgan fingerprint density at radius 2 is 2.04 bits per heavy atom. The summed E-state index contributed by atoms with van der Waals surface area (Å²) in [5, 5.41) is 3.57. The van der Waals surface area contributed by atoms with E-state index in [1.807, 2.05) is 25.1 Å². The van der Waals surface area contributed by atoms with Crippen molar-refractivity contribution in [1.29, 1.82) is 0 Å². The molecule has 1 N–H and O–H groups in total. The van der Waals surface area contributed by atoms with Gasteiger partial charge in [-0.3, -0.25) is 4.79 Å². The van der Waals surface area contributed by atoms with Crippen molar-refractivity contribution in [3.8, 4) is 11.3 Å². The van der Waals surface area contributed by atoms with E-state index < -0.39 is 0 Å². The van der Waals surface area contributed by atoms with Gasteiger partial charge in [0, 0.05) is 23.4 Å². The molecule has 26 heavy (non-hydrogen) atoms. The monoisotopic (exact) mass is 372 g/mol. The molecule has 0 saturated carbocycles. The molecule has 134 valence electrons. The van der Waals surface area contributed by atoms with Crippen molar-refractivity contribution >= 4 is 17.5 Å². The van der Waals surface area contributed by atoms with E-state index in [1.165, 1.54) is 12.1 Å². The molecule has 1 unspecified atom stereocenters. The van der Waals surface area contributed by atoms with E-state index in [-0.39, 0.29) is 24.2 Å². The number of hydrogen-bond donors (Lipinski definition) is 1. The zero-order valence-corrected chi connectivity index (χ0v) is 15.0. The third-order valence-electron chi connectivity index (χ3n) is 3.97. The van der Waals surface area contributed by atoms with Crippen molar-refractivity contribution in [3.63, 3.8) is 0 Å². The van der Waals surface area contributed by atoms with Crippen LogP contribution in [0.25, 0.3) is 11.3 Å². The Morgan fingerprint density at radius 3 is 2.77 bits per heavy atom. The fourth-order valence-electron chi connectivity index (χ4n) is 2.57. The Labute approximate surface area is 156 Å². The van der Waals surface area contributed by atoms with Crippen LogP contribution in [0.5, 0.6) is 0 Å². The molecule has 1 heterocycles. The molecule has 0 aliphatic carbocycles. The summed E-state index contributed by atoms with van der Waals surface area (Å²) < 4.78 is 18.6. The van der Waals surface area contributed by atoms with Gasteiger partial charge >= 0.3 is 0 Å². The lowest BCUT2D eigenvalue weighted by Gasteiger charge is -2.14. The minimum absolute atomic E-state index is 0.0981. The maximum atomic E-state index is 13.0. The smallest absolute Gasteiger partial charge is 0.220 e. The van der Waals surface area contributed by atoms with Gasteiger partial charge in [0.2, 0.25) is 5.91 Å². The number of carbonyl (C=O) groups is 1. The van der Waals surface area contributed by atoms with E-state index in [1.54, 1.807) is 24.4 Å². The van der Waals surface area contributed by atoms with E-state index in [0.717, 1.165) is 11.1 Å². The van der Waals surface area contributed by atoms with E-state index in [2.05, 4.69) is 10.3 Å². The molecule has 0 aliphatic rings. The Balaban J connectivity index is 1.54. The molecule has 6 heteroatoms. The highest BCUT2D eigenvalue weighted by molar-refractivity contribution is 6.30. The van der Waals surface area contributed by atoms with Crippen LogP contribution in [0.1, 0.15) is 30.8 Å². The lowest BCUT2D eigenvalue weighted by atomic mass is 10.1. The van der Waals surface area contributed by atoms with Crippen LogP contribution >= 0.6 is 11.6 Å². The minimum Gasteiger partial charge on any atom is -0.441 e. The number of oxazole rings is 1. The molecule has 0 bridgehead atoms. The van der Waals surface area contributed by atoms with Crippen molar-refractivity contribution in [2.45, 2.75) is 25.8 Å². The quantitative estimate of drug-likeness (QED) is 0.666. The standard InChI is InChI=1S/C20H18ClFN2O2/c1-13(15-3-2-4-16(21)11-15)24-19(25)9-10-20-23-12-18(26-20)14-5-7-17(22)8-6-14/h2-8,11-13H,9-10H2,1H3,(H,24,25). The molecule has 0 aliphatic heterocycles. The molecule has 4 nitrogen and oxygen atoms in total. The fourth-order valence-corrected chi connectivity index (χ4v) is 2.77. The molecule has 2 aromatic carbocycles. The number of carbonyl (C=O) groups excluding carboxylic acids is 1. The number of aromatic nitrogens is 1. The van der Waals surface area contributed by atoms with E-state index in [9.17, 15) is 9.18 Å². The van der Waals surface area contributed by atoms with E-state index >= 15 is 0 Å². The van der Waals surface area contributed by atoms with Crippen molar-refractivity contribution in [2.24, 2.45) is 0 Å². The Bertz CT molecular complexity index is 893. The Hall–Kier alpha value is -2.66. The van der Waals surface area contributed by atoms with Gasteiger partial charge in [0.05, 0.1) is 12.2 Å². The van der Waals surface area contributed by atoms with Crippen LogP contribution in [0.3, 0.4) is 0 Å². The van der Waals surface area contributed by atoms with Gasteiger partial charge in [0.25, 0.3) is 0 Å². The lowest BCUT2D eigenvalue weighted by Crippen LogP contribution is -2.26. The number of aryl methyl sites for hydroxylation is 1. The average Bonchev–Trinajstić information content (AvgIpc) is 3.09. The third kappa shape index (κ3) is 4.70. The number of hydrogen-bond acceptors (Lipinski definition) is 3. The van der Waals surface area contributed by atoms with Crippen LogP contribution < -0.4 is 5.32 Å². The first kappa shape index (κ1) is 18.1. The summed E-state index contributed by atoms with van der Waals surface area (Å²) >= 11 is 5.97. The molecule has 3 aromatic rings. The predicted molar refractivity (Wildman–Crippen MR) is 98.2 cm³/mol. The maximum absolute atomic E-state index is 13.0. The normalized spacial score (nSPS) is 12.0. The first-order valence-corrected chi connectivity index (χ1v) is 8.64. The highest BCUT2D eigenvalue weighted by Crippen LogP contribution is 2.21. The van der Waals surface area contributed by atoms with Crippen LogP contribution in [0.15, 0.2) is 59.1 Å². The second-order valence-electron chi connectivity index (χ2n) is 5.97. The number of nitrogens with one attached hydrogen (secondary N) is 1. The van der Waals surface area contributed by atoms with Crippen molar-refractivity contribution in [1.82, 2.24) is 10.3 Å². The molecule has 0 fully saturated rings. The van der Waals surface area contributed by atoms with E-state index in [0.29, 0.717) is 23.1 Å². The van der Waals surface area contributed by atoms with Gasteiger partial charge in [0.15, 0.2) is 11.7 Å². The SMILES string of the molecule is CC(NC(=O)CCc1ncc(-c2ccc(F)cc2)o1)c1cccc(Cl)c1. The summed E-state index contributed by atoms with van der Waals surface area (Å²) in [5.41, 5.74) is 1.68. The fraction of sp³-hybridized carbons (Fsp3) is 0.200. The van der Waals surface area contributed by atoms with Crippen LogP contribution in [0, 0.1) is 5.82 Å². The maximum Gasteiger partial charge on any atom is 0.220 e. The molecule has 0 radical (unpaired) electrons. The number of rotatable bonds is 6. The van der Waals surface area contributed by atoms with Gasteiger partial charge < -0.3 is 9.73 Å². The van der Waals surface area contributed by atoms with Crippen molar-refractivity contribution < 1.29 is 13.6 Å². The number of benzene rings is 2. The third-order valence-corrected chi connectivity index (χ3v) is 4.21. The van der Waals surface area contributed by atoms with Crippen LogP contribution in [-0.4, -0.2) is 10.9 Å². The second kappa shape index (κ2) is 8.15. The minimum atomic E-state index is -0.306. The van der Waals surface area contributed by atoms with Gasteiger partial charge in [-0.2, -0.15) is 0 Å². The predicted octanol–water partition coefficient (Wildman–Crippen LogP) is 4.94. The van der Waals surface area contributed by atoms with Gasteiger partial charge in [-0.15, -0.1) is 0 Å². The van der Waals surface area contributed by atoms with Crippen LogP contribution in [0.4, 0.5) is 4.39 Å². The second-order valence-corrected chi connectivity index (χ2v) is 6.41. The first-order chi connectivity index (χ1) is 12.5. The molecule has 0 saturated heterocycles. The molecule has 1 atom stereocenters. The van der Waals surface area contributed by atoms with Crippen LogP contribution in [0.2, 0.25) is 5.02 Å². The van der Waals surface area contributed by atoms with E-state index in [4.69, 9.17) is 16.0 Å². The number of amides is 1. The molecule has 0 spiro atoms. The Kier molecular flexibility index (Phi) is 5.68. The topological polar surface area (TPSA) is 55.1 Å². The van der Waals surface area contributed by atoms with Gasteiger partial charge in [-0.25, -0.2) is 9.37 Å². The average molecular weight is 373 g/mol. The summed E-state index contributed by atoms with van der Waals surface area (Å²) in [6.07, 6.45) is 2.22. The number of halogens is 2. The molecule has 3 rings (SSSR count). The lowest BCUT2D eigenvalue weighted by molar-refractivity contribution is -0.121. The largest absolute Gasteiger partial charge is 0.441 e. The highest BCUT2D eigenvalue weighted by Gasteiger charge is 2.12. The first-order valence-electron chi connectivity index (χ1n) is 8.27. The summed E-state index contributed by atoms with van der Waals surface area (Å²) in [5.74, 6) is 0.612. The zero-order valence-electron chi connectivity index (χ0n) is 14.2. The van der Waals surface area contributed by atoms with Gasteiger partial charge in [-0.05, 0) is 48.9 Å². The summed E-state index contributed by atoms with van der Waals surface area (Å²) in [6.45, 7) is 1.90. The molecule has 1 amide bonds. The van der Waals surface area contributed by atoms with Gasteiger partial charge in [0.1, 0.15) is 5.82 Å². The van der Waals surface area contributed by atoms with Crippen molar-refractivity contribution in [2.75, 3.05) is 0 Å². The summed E-state index contributed by atoms with van der Waals surface area (Å²) in [6, 6.07) is 13.2. The highest BCUT2D eigenvalue weighted by atomic mass is 35.5. The zero-order chi connectivity index (χ0) is 18.5. The van der Waals surface area contributed by atoms with Crippen LogP contribution in [-0.2, 0) is 11.2 Å². The summed E-state index contributed by atoms with van der Waals surface area (Å²) in [7, 11) is 0. The Morgan fingerprint density at radius 1 is 1.27 bits per heavy atom. The van der Waals surface area contributed by atoms with Crippen molar-refractivity contribution in [3.05, 3.63) is 77.0 Å². The molecule has 1 aromatic heterocycles. The molecular formula is C20H18ClFN2O2. The summed E-state index contributed by atoms with van der Waals surface area (Å²) in [4.78, 5) is 16.3. The molecular weight excluding hydrogens is 355 g/mol. The number of nitrogens with zero attached hydrogens (tertiary/aromatic N) is 1. The van der Waals surface area contributed by atoms with Gasteiger partial charge in [-0.1, -0.05) is 23.7 Å².